The SMILES string of the molecule is O=C(O)C1=CC(Cl)(Cl)c2ccccc2O1. The number of carboxylic acid groups (broad SMARTS) is 1. The van der Waals surface area contributed by atoms with Gasteiger partial charge in [0.25, 0.3) is 0 Å². The predicted molar refractivity (Wildman–Crippen MR) is 56.2 cm³/mol. The van der Waals surface area contributed by atoms with Gasteiger partial charge in [-0.3, -0.25) is 0 Å². The number of hydrogen-bond donors (Lipinski definition) is 1. The van der Waals surface area contributed by atoms with E-state index in [1.165, 1.54) is 6.08 Å². The summed E-state index contributed by atoms with van der Waals surface area (Å²) in [4.78, 5) is 10.7. The Kier molecular flexibility index (Phi) is 2.37. The minimum atomic E-state index is -1.36. The number of halogens is 2. The van der Waals surface area contributed by atoms with Crippen LogP contribution in [0.25, 0.3) is 0 Å². The summed E-state index contributed by atoms with van der Waals surface area (Å²) >= 11 is 12.0. The number of allylic oxidation sites excluding steroid dienone is 1. The molecule has 0 amide bonds. The van der Waals surface area contributed by atoms with Crippen molar-refractivity contribution in [3.8, 4) is 5.75 Å². The average molecular weight is 245 g/mol. The first kappa shape index (κ1) is 10.3. The first-order chi connectivity index (χ1) is 7.00. The molecule has 0 saturated heterocycles. The number of aliphatic carboxylic acids is 1. The molecule has 1 aliphatic rings. The molecule has 78 valence electrons. The number of para-hydroxylation sites is 1. The third-order valence-corrected chi connectivity index (χ3v) is 2.61. The van der Waals surface area contributed by atoms with Crippen molar-refractivity contribution in [2.75, 3.05) is 0 Å². The lowest BCUT2D eigenvalue weighted by atomic mass is 10.1. The average Bonchev–Trinajstić information content (AvgIpc) is 2.16. The zero-order valence-corrected chi connectivity index (χ0v) is 8.92. The van der Waals surface area contributed by atoms with Gasteiger partial charge in [0.15, 0.2) is 4.33 Å². The monoisotopic (exact) mass is 244 g/mol. The summed E-state index contributed by atoms with van der Waals surface area (Å²) in [5.74, 6) is -1.10. The lowest BCUT2D eigenvalue weighted by Crippen LogP contribution is -2.21. The Morgan fingerprint density at radius 1 is 1.33 bits per heavy atom. The Labute approximate surface area is 95.9 Å². The first-order valence-electron chi connectivity index (χ1n) is 4.12. The molecular weight excluding hydrogens is 239 g/mol. The molecule has 0 spiro atoms. The van der Waals surface area contributed by atoms with Crippen molar-refractivity contribution in [2.24, 2.45) is 0 Å². The largest absolute Gasteiger partial charge is 0.475 e. The Bertz CT molecular complexity index is 452. The molecular formula is C10H6Cl2O3. The Balaban J connectivity index is 2.54. The first-order valence-corrected chi connectivity index (χ1v) is 4.87. The molecule has 5 heteroatoms. The minimum Gasteiger partial charge on any atom is -0.475 e. The summed E-state index contributed by atoms with van der Waals surface area (Å²) in [6, 6.07) is 6.77. The highest BCUT2D eigenvalue weighted by Crippen LogP contribution is 2.44. The van der Waals surface area contributed by atoms with E-state index >= 15 is 0 Å². The van der Waals surface area contributed by atoms with E-state index in [-0.39, 0.29) is 5.76 Å². The number of alkyl halides is 2. The second kappa shape index (κ2) is 3.43. The lowest BCUT2D eigenvalue weighted by molar-refractivity contribution is -0.135. The van der Waals surface area contributed by atoms with Gasteiger partial charge in [-0.15, -0.1) is 0 Å². The minimum absolute atomic E-state index is 0.265. The molecule has 2 rings (SSSR count). The zero-order valence-electron chi connectivity index (χ0n) is 7.41. The van der Waals surface area contributed by atoms with E-state index in [1.807, 2.05) is 0 Å². The third-order valence-electron chi connectivity index (χ3n) is 1.99. The van der Waals surface area contributed by atoms with Crippen molar-refractivity contribution in [1.82, 2.24) is 0 Å². The molecule has 0 saturated carbocycles. The number of rotatable bonds is 1. The van der Waals surface area contributed by atoms with Crippen molar-refractivity contribution < 1.29 is 14.6 Å². The fourth-order valence-electron chi connectivity index (χ4n) is 1.33. The van der Waals surface area contributed by atoms with Crippen LogP contribution in [0.2, 0.25) is 0 Å². The molecule has 0 atom stereocenters. The smallest absolute Gasteiger partial charge is 0.371 e. The normalized spacial score (nSPS) is 17.3. The van der Waals surface area contributed by atoms with Crippen molar-refractivity contribution >= 4 is 29.2 Å². The van der Waals surface area contributed by atoms with Crippen LogP contribution in [0.3, 0.4) is 0 Å². The van der Waals surface area contributed by atoms with E-state index in [1.54, 1.807) is 24.3 Å². The maximum absolute atomic E-state index is 10.7. The van der Waals surface area contributed by atoms with Gasteiger partial charge in [-0.2, -0.15) is 0 Å². The Morgan fingerprint density at radius 2 is 2.00 bits per heavy atom. The fourth-order valence-corrected chi connectivity index (χ4v) is 1.84. The summed E-state index contributed by atoms with van der Waals surface area (Å²) in [5, 5.41) is 8.79. The maximum atomic E-state index is 10.7. The van der Waals surface area contributed by atoms with Gasteiger partial charge in [0, 0.05) is 11.6 Å². The van der Waals surface area contributed by atoms with Crippen LogP contribution in [-0.4, -0.2) is 11.1 Å². The fraction of sp³-hybridized carbons (Fsp3) is 0.100. The Morgan fingerprint density at radius 3 is 2.67 bits per heavy atom. The molecule has 0 aromatic heterocycles. The molecule has 15 heavy (non-hydrogen) atoms. The van der Waals surface area contributed by atoms with E-state index in [0.29, 0.717) is 11.3 Å². The molecule has 0 radical (unpaired) electrons. The van der Waals surface area contributed by atoms with Gasteiger partial charge in [-0.1, -0.05) is 41.4 Å². The van der Waals surface area contributed by atoms with E-state index in [2.05, 4.69) is 0 Å². The van der Waals surface area contributed by atoms with Crippen LogP contribution < -0.4 is 4.74 Å². The van der Waals surface area contributed by atoms with Gasteiger partial charge < -0.3 is 9.84 Å². The second-order valence-electron chi connectivity index (χ2n) is 3.03. The van der Waals surface area contributed by atoms with E-state index in [4.69, 9.17) is 33.0 Å². The van der Waals surface area contributed by atoms with Gasteiger partial charge in [0.2, 0.25) is 5.76 Å². The summed E-state index contributed by atoms with van der Waals surface area (Å²) in [6.07, 6.45) is 1.17. The van der Waals surface area contributed by atoms with Gasteiger partial charge in [-0.25, -0.2) is 4.79 Å². The second-order valence-corrected chi connectivity index (χ2v) is 4.42. The van der Waals surface area contributed by atoms with Gasteiger partial charge in [0.1, 0.15) is 5.75 Å². The predicted octanol–water partition coefficient (Wildman–Crippen LogP) is 2.68. The number of carboxylic acids is 1. The van der Waals surface area contributed by atoms with E-state index in [0.717, 1.165) is 0 Å². The lowest BCUT2D eigenvalue weighted by Gasteiger charge is -2.24. The molecule has 0 bridgehead atoms. The molecule has 1 N–H and O–H groups in total. The standard InChI is InChI=1S/C10H6Cl2O3/c11-10(12)5-8(9(13)14)15-7-4-2-1-3-6(7)10/h1-5H,(H,13,14). The quantitative estimate of drug-likeness (QED) is 0.773. The van der Waals surface area contributed by atoms with Crippen LogP contribution >= 0.6 is 23.2 Å². The topological polar surface area (TPSA) is 46.5 Å². The molecule has 0 aliphatic carbocycles. The van der Waals surface area contributed by atoms with E-state index < -0.39 is 10.3 Å². The highest BCUT2D eigenvalue weighted by Gasteiger charge is 2.34. The molecule has 0 fully saturated rings. The highest BCUT2D eigenvalue weighted by atomic mass is 35.5. The number of carbonyl (C=O) groups is 1. The van der Waals surface area contributed by atoms with Crippen molar-refractivity contribution in [3.63, 3.8) is 0 Å². The number of benzene rings is 1. The molecule has 0 unspecified atom stereocenters. The molecule has 1 heterocycles. The Hall–Kier alpha value is -1.19. The van der Waals surface area contributed by atoms with Gasteiger partial charge >= 0.3 is 5.97 Å². The number of ether oxygens (including phenoxy) is 1. The maximum Gasteiger partial charge on any atom is 0.371 e. The van der Waals surface area contributed by atoms with Crippen LogP contribution in [-0.2, 0) is 9.13 Å². The summed E-state index contributed by atoms with van der Waals surface area (Å²) < 4.78 is 3.76. The van der Waals surface area contributed by atoms with E-state index in [9.17, 15) is 4.79 Å². The summed E-state index contributed by atoms with van der Waals surface area (Å²) in [6.45, 7) is 0. The van der Waals surface area contributed by atoms with Crippen LogP contribution in [0.5, 0.6) is 5.75 Å². The molecule has 1 aromatic rings. The highest BCUT2D eigenvalue weighted by molar-refractivity contribution is 6.49. The van der Waals surface area contributed by atoms with Crippen LogP contribution in [0.15, 0.2) is 36.1 Å². The van der Waals surface area contributed by atoms with Gasteiger partial charge in [-0.05, 0) is 6.07 Å². The van der Waals surface area contributed by atoms with Crippen molar-refractivity contribution in [1.29, 1.82) is 0 Å². The molecule has 3 nitrogen and oxygen atoms in total. The summed E-state index contributed by atoms with van der Waals surface area (Å²) in [7, 11) is 0. The van der Waals surface area contributed by atoms with Crippen LogP contribution in [0, 0.1) is 0 Å². The zero-order chi connectivity index (χ0) is 11.1. The molecule has 1 aliphatic heterocycles. The van der Waals surface area contributed by atoms with Gasteiger partial charge in [0.05, 0.1) is 0 Å². The van der Waals surface area contributed by atoms with Crippen LogP contribution in [0.4, 0.5) is 0 Å². The summed E-state index contributed by atoms with van der Waals surface area (Å²) in [5.41, 5.74) is 0.540. The number of fused-ring (bicyclic) bond motifs is 1. The van der Waals surface area contributed by atoms with Crippen LogP contribution in [0.1, 0.15) is 5.56 Å². The van der Waals surface area contributed by atoms with Crippen molar-refractivity contribution in [2.45, 2.75) is 4.33 Å². The third kappa shape index (κ3) is 1.80. The van der Waals surface area contributed by atoms with Crippen molar-refractivity contribution in [3.05, 3.63) is 41.7 Å². The number of hydrogen-bond acceptors (Lipinski definition) is 2. The molecule has 1 aromatic carbocycles.